The number of nitrogens with zero attached hydrogens (tertiary/aromatic N) is 1. The average Bonchev–Trinajstić information content (AvgIpc) is 2.83. The highest BCUT2D eigenvalue weighted by atomic mass is 35.5. The first-order valence-electron chi connectivity index (χ1n) is 10.3. The second kappa shape index (κ2) is 11.6. The molecule has 1 aliphatic heterocycles. The summed E-state index contributed by atoms with van der Waals surface area (Å²) in [5.74, 6) is -3.38. The third-order valence-corrected chi connectivity index (χ3v) is 6.38. The van der Waals surface area contributed by atoms with Gasteiger partial charge in [0.1, 0.15) is 11.7 Å². The molecule has 0 saturated heterocycles. The largest absolute Gasteiger partial charge is 0.494 e. The van der Waals surface area contributed by atoms with Crippen molar-refractivity contribution < 1.29 is 23.9 Å². The topological polar surface area (TPSA) is 118 Å². The summed E-state index contributed by atoms with van der Waals surface area (Å²) < 4.78 is 10.2. The van der Waals surface area contributed by atoms with Crippen LogP contribution >= 0.6 is 23.4 Å². The van der Waals surface area contributed by atoms with E-state index >= 15 is 0 Å². The predicted molar refractivity (Wildman–Crippen MR) is 129 cm³/mol. The van der Waals surface area contributed by atoms with Crippen LogP contribution in [0.1, 0.15) is 18.4 Å². The number of nitriles is 1. The number of hydrogen-bond acceptors (Lipinski definition) is 7. The highest BCUT2D eigenvalue weighted by Gasteiger charge is 2.45. The molecule has 0 aliphatic carbocycles. The van der Waals surface area contributed by atoms with E-state index in [1.165, 1.54) is 7.11 Å². The number of nitrogens with one attached hydrogen (secondary N) is 2. The molecule has 2 aromatic carbocycles. The van der Waals surface area contributed by atoms with Gasteiger partial charge in [-0.3, -0.25) is 14.4 Å². The molecular formula is C24H22ClN3O5S. The number of methoxy groups -OCH3 is 1. The molecule has 0 bridgehead atoms. The Morgan fingerprint density at radius 2 is 1.91 bits per heavy atom. The molecule has 0 spiro atoms. The number of anilines is 1. The fourth-order valence-electron chi connectivity index (χ4n) is 3.52. The number of esters is 1. The molecule has 0 saturated carbocycles. The lowest BCUT2D eigenvalue weighted by Crippen LogP contribution is -2.44. The van der Waals surface area contributed by atoms with E-state index in [0.29, 0.717) is 28.6 Å². The lowest BCUT2D eigenvalue weighted by molar-refractivity contribution is -0.150. The predicted octanol–water partition coefficient (Wildman–Crippen LogP) is 3.85. The van der Waals surface area contributed by atoms with Crippen LogP contribution in [0, 0.1) is 17.2 Å². The summed E-state index contributed by atoms with van der Waals surface area (Å²) in [7, 11) is 1.17. The van der Waals surface area contributed by atoms with E-state index in [9.17, 15) is 19.6 Å². The van der Waals surface area contributed by atoms with Gasteiger partial charge in [-0.1, -0.05) is 41.6 Å². The third-order valence-electron chi connectivity index (χ3n) is 5.02. The standard InChI is InChI=1S/C24H22ClN3O5S/c1-3-33-15-10-8-14(9-11-15)27-19(29)13-34-23-17(12-26)20(16-6-4-5-7-18(16)25)21(22(30)28-23)24(31)32-2/h4-11,20-21H,3,13H2,1-2H3,(H,27,29)(H,28,30)/t20-,21+/m0/s1. The van der Waals surface area contributed by atoms with Crippen LogP contribution in [0.2, 0.25) is 5.02 Å². The van der Waals surface area contributed by atoms with Crippen LogP contribution in [-0.2, 0) is 19.1 Å². The van der Waals surface area contributed by atoms with Crippen LogP contribution < -0.4 is 15.4 Å². The lowest BCUT2D eigenvalue weighted by Gasteiger charge is -2.31. The third kappa shape index (κ3) is 5.71. The average molecular weight is 500 g/mol. The monoisotopic (exact) mass is 499 g/mol. The van der Waals surface area contributed by atoms with Gasteiger partial charge >= 0.3 is 5.97 Å². The Hall–Kier alpha value is -3.48. The van der Waals surface area contributed by atoms with Crippen molar-refractivity contribution in [1.29, 1.82) is 5.26 Å². The Morgan fingerprint density at radius 3 is 2.53 bits per heavy atom. The summed E-state index contributed by atoms with van der Waals surface area (Å²) in [5, 5.41) is 15.8. The van der Waals surface area contributed by atoms with Crippen molar-refractivity contribution in [2.75, 3.05) is 24.8 Å². The number of allylic oxidation sites excluding steroid dienone is 1. The molecule has 176 valence electrons. The molecule has 0 aromatic heterocycles. The van der Waals surface area contributed by atoms with Crippen molar-refractivity contribution in [2.45, 2.75) is 12.8 Å². The van der Waals surface area contributed by atoms with E-state index in [4.69, 9.17) is 21.1 Å². The van der Waals surface area contributed by atoms with Crippen molar-refractivity contribution in [1.82, 2.24) is 5.32 Å². The first kappa shape index (κ1) is 25.1. The molecule has 2 N–H and O–H groups in total. The van der Waals surface area contributed by atoms with Gasteiger partial charge in [-0.05, 0) is 42.8 Å². The molecule has 8 nitrogen and oxygen atoms in total. The van der Waals surface area contributed by atoms with Gasteiger partial charge in [0.2, 0.25) is 11.8 Å². The number of hydrogen-bond donors (Lipinski definition) is 2. The van der Waals surface area contributed by atoms with E-state index in [2.05, 4.69) is 16.7 Å². The summed E-state index contributed by atoms with van der Waals surface area (Å²) in [6.07, 6.45) is 0. The van der Waals surface area contributed by atoms with Gasteiger partial charge in [-0.25, -0.2) is 0 Å². The lowest BCUT2D eigenvalue weighted by atomic mass is 9.78. The van der Waals surface area contributed by atoms with Crippen LogP contribution in [-0.4, -0.2) is 37.3 Å². The fraction of sp³-hybridized carbons (Fsp3) is 0.250. The van der Waals surface area contributed by atoms with Gasteiger partial charge in [0.05, 0.1) is 36.1 Å². The molecule has 1 aliphatic rings. The van der Waals surface area contributed by atoms with E-state index in [1.807, 2.05) is 6.92 Å². The number of rotatable bonds is 8. The molecule has 0 fully saturated rings. The maximum absolute atomic E-state index is 12.9. The summed E-state index contributed by atoms with van der Waals surface area (Å²) in [5.41, 5.74) is 1.15. The highest BCUT2D eigenvalue weighted by molar-refractivity contribution is 8.03. The molecule has 2 aromatic rings. The number of ether oxygens (including phenoxy) is 2. The van der Waals surface area contributed by atoms with Crippen molar-refractivity contribution in [3.8, 4) is 11.8 Å². The Morgan fingerprint density at radius 1 is 1.21 bits per heavy atom. The molecule has 1 heterocycles. The van der Waals surface area contributed by atoms with Gasteiger partial charge < -0.3 is 20.1 Å². The molecule has 10 heteroatoms. The normalized spacial score (nSPS) is 17.4. The first-order chi connectivity index (χ1) is 16.4. The zero-order chi connectivity index (χ0) is 24.7. The minimum atomic E-state index is -1.29. The summed E-state index contributed by atoms with van der Waals surface area (Å²) in [6.45, 7) is 2.42. The van der Waals surface area contributed by atoms with Gasteiger partial charge in [0, 0.05) is 16.6 Å². The van der Waals surface area contributed by atoms with Crippen LogP contribution in [0.5, 0.6) is 5.75 Å². The Balaban J connectivity index is 1.83. The van der Waals surface area contributed by atoms with Gasteiger partial charge in [0.25, 0.3) is 0 Å². The molecule has 34 heavy (non-hydrogen) atoms. The summed E-state index contributed by atoms with van der Waals surface area (Å²) in [6, 6.07) is 15.7. The maximum atomic E-state index is 12.9. The quantitative estimate of drug-likeness (QED) is 0.418. The van der Waals surface area contributed by atoms with Gasteiger partial charge in [0.15, 0.2) is 0 Å². The Kier molecular flexibility index (Phi) is 8.57. The highest BCUT2D eigenvalue weighted by Crippen LogP contribution is 2.42. The van der Waals surface area contributed by atoms with E-state index in [0.717, 1.165) is 11.8 Å². The maximum Gasteiger partial charge on any atom is 0.319 e. The number of amides is 2. The minimum Gasteiger partial charge on any atom is -0.494 e. The first-order valence-corrected chi connectivity index (χ1v) is 11.7. The molecular weight excluding hydrogens is 478 g/mol. The molecule has 3 rings (SSSR count). The zero-order valence-electron chi connectivity index (χ0n) is 18.5. The number of benzene rings is 2. The SMILES string of the molecule is CCOc1ccc(NC(=O)CSC2=C(C#N)[C@H](c3ccccc3Cl)[C@@H](C(=O)OC)C(=O)N2)cc1. The van der Waals surface area contributed by atoms with Crippen molar-refractivity contribution in [2.24, 2.45) is 5.92 Å². The Labute approximate surface area is 206 Å². The summed E-state index contributed by atoms with van der Waals surface area (Å²) >= 11 is 7.33. The van der Waals surface area contributed by atoms with Gasteiger partial charge in [-0.2, -0.15) is 5.26 Å². The number of carbonyl (C=O) groups excluding carboxylic acids is 3. The molecule has 2 amide bonds. The number of carbonyl (C=O) groups is 3. The second-order valence-corrected chi connectivity index (χ2v) is 8.53. The smallest absolute Gasteiger partial charge is 0.319 e. The van der Waals surface area contributed by atoms with E-state index in [1.54, 1.807) is 48.5 Å². The Bertz CT molecular complexity index is 1160. The van der Waals surface area contributed by atoms with Crippen molar-refractivity contribution >= 4 is 46.8 Å². The summed E-state index contributed by atoms with van der Waals surface area (Å²) in [4.78, 5) is 37.8. The fourth-order valence-corrected chi connectivity index (χ4v) is 4.62. The van der Waals surface area contributed by atoms with Gasteiger partial charge in [-0.15, -0.1) is 0 Å². The second-order valence-electron chi connectivity index (χ2n) is 7.14. The molecule has 0 radical (unpaired) electrons. The molecule has 2 atom stereocenters. The van der Waals surface area contributed by atoms with Crippen LogP contribution in [0.25, 0.3) is 0 Å². The van der Waals surface area contributed by atoms with Crippen LogP contribution in [0.4, 0.5) is 5.69 Å². The minimum absolute atomic E-state index is 0.0772. The van der Waals surface area contributed by atoms with Crippen LogP contribution in [0.15, 0.2) is 59.1 Å². The number of thioether (sulfide) groups is 1. The van der Waals surface area contributed by atoms with Crippen LogP contribution in [0.3, 0.4) is 0 Å². The zero-order valence-corrected chi connectivity index (χ0v) is 20.0. The van der Waals surface area contributed by atoms with Crippen molar-refractivity contribution in [3.05, 3.63) is 69.7 Å². The van der Waals surface area contributed by atoms with E-state index < -0.39 is 23.7 Å². The molecule has 0 unspecified atom stereocenters. The number of halogens is 1. The van der Waals surface area contributed by atoms with Crippen molar-refractivity contribution in [3.63, 3.8) is 0 Å². The van der Waals surface area contributed by atoms with E-state index in [-0.39, 0.29) is 22.3 Å².